The summed E-state index contributed by atoms with van der Waals surface area (Å²) in [6.07, 6.45) is -0.467. The van der Waals surface area contributed by atoms with Gasteiger partial charge in [-0.25, -0.2) is 13.4 Å². The van der Waals surface area contributed by atoms with Crippen molar-refractivity contribution in [1.29, 1.82) is 0 Å². The molecule has 12 heteroatoms. The van der Waals surface area contributed by atoms with Gasteiger partial charge in [-0.2, -0.15) is 4.72 Å². The average molecular weight is 942 g/mol. The number of nitrogens with zero attached hydrogens (tertiary/aromatic N) is 1. The summed E-state index contributed by atoms with van der Waals surface area (Å²) in [6, 6.07) is 58.7. The third-order valence-corrected chi connectivity index (χ3v) is 14.3. The van der Waals surface area contributed by atoms with Gasteiger partial charge in [-0.15, -0.1) is 0 Å². The van der Waals surface area contributed by atoms with Crippen molar-refractivity contribution in [3.63, 3.8) is 0 Å². The molecule has 68 heavy (non-hydrogen) atoms. The van der Waals surface area contributed by atoms with Crippen molar-refractivity contribution in [3.05, 3.63) is 221 Å². The average Bonchev–Trinajstić information content (AvgIpc) is 3.82. The number of amides is 1. The monoisotopic (exact) mass is 941 g/mol. The van der Waals surface area contributed by atoms with E-state index in [1.54, 1.807) is 24.3 Å². The second-order valence-corrected chi connectivity index (χ2v) is 19.5. The Kier molecular flexibility index (Phi) is 14.7. The number of aromatic nitrogens is 1. The summed E-state index contributed by atoms with van der Waals surface area (Å²) in [5.41, 5.74) is 9.79. The van der Waals surface area contributed by atoms with E-state index >= 15 is 0 Å². The maximum absolute atomic E-state index is 13.8. The highest BCUT2D eigenvalue weighted by molar-refractivity contribution is 7.99. The van der Waals surface area contributed by atoms with E-state index in [1.165, 1.54) is 11.8 Å². The van der Waals surface area contributed by atoms with Gasteiger partial charge in [0.15, 0.2) is 12.1 Å². The molecule has 0 aliphatic carbocycles. The van der Waals surface area contributed by atoms with E-state index in [9.17, 15) is 18.3 Å². The molecule has 0 bridgehead atoms. The summed E-state index contributed by atoms with van der Waals surface area (Å²) in [7, 11) is -3.99. The zero-order valence-electron chi connectivity index (χ0n) is 37.4. The number of aryl methyl sites for hydroxylation is 1. The first-order valence-electron chi connectivity index (χ1n) is 22.5. The van der Waals surface area contributed by atoms with Crippen LogP contribution in [0.3, 0.4) is 0 Å². The van der Waals surface area contributed by atoms with E-state index in [1.807, 2.05) is 165 Å². The fourth-order valence-corrected chi connectivity index (χ4v) is 10.2. The highest BCUT2D eigenvalue weighted by Gasteiger charge is 2.33. The van der Waals surface area contributed by atoms with Gasteiger partial charge in [0.05, 0.1) is 23.7 Å². The molecule has 8 aromatic rings. The van der Waals surface area contributed by atoms with Crippen LogP contribution in [0.4, 0.5) is 0 Å². The molecule has 0 radical (unpaired) electrons. The summed E-state index contributed by atoms with van der Waals surface area (Å²) in [5, 5.41) is 13.3. The van der Waals surface area contributed by atoms with Gasteiger partial charge in [-0.05, 0) is 71.0 Å². The molecule has 10 nitrogen and oxygen atoms in total. The van der Waals surface area contributed by atoms with Crippen molar-refractivity contribution < 1.29 is 32.2 Å². The summed E-state index contributed by atoms with van der Waals surface area (Å²) < 4.78 is 49.6. The van der Waals surface area contributed by atoms with Gasteiger partial charge in [0.1, 0.15) is 11.7 Å². The summed E-state index contributed by atoms with van der Waals surface area (Å²) >= 11 is 1.51. The first kappa shape index (κ1) is 46.5. The number of thioether (sulfide) groups is 1. The van der Waals surface area contributed by atoms with Crippen molar-refractivity contribution in [2.24, 2.45) is 0 Å². The summed E-state index contributed by atoms with van der Waals surface area (Å²) in [4.78, 5) is 18.9. The molecule has 2 heterocycles. The molecule has 0 unspecified atom stereocenters. The molecule has 9 rings (SSSR count). The molecule has 1 aromatic heterocycles. The Hall–Kier alpha value is -6.64. The van der Waals surface area contributed by atoms with E-state index in [2.05, 4.69) is 16.1 Å². The molecule has 1 aliphatic heterocycles. The Morgan fingerprint density at radius 2 is 1.32 bits per heavy atom. The van der Waals surface area contributed by atoms with Crippen molar-refractivity contribution in [2.75, 3.05) is 5.75 Å². The van der Waals surface area contributed by atoms with E-state index in [0.717, 1.165) is 61.3 Å². The Morgan fingerprint density at radius 3 is 2.03 bits per heavy atom. The van der Waals surface area contributed by atoms with Gasteiger partial charge < -0.3 is 24.3 Å². The molecule has 1 amide bonds. The molecular formula is C56H51N3O7S2. The van der Waals surface area contributed by atoms with Crippen LogP contribution in [0.15, 0.2) is 203 Å². The minimum atomic E-state index is -3.99. The normalized spacial score (nSPS) is 16.5. The molecule has 0 spiro atoms. The Bertz CT molecular complexity index is 2980. The zero-order valence-corrected chi connectivity index (χ0v) is 39.0. The lowest BCUT2D eigenvalue weighted by molar-refractivity contribution is -0.245. The second kappa shape index (κ2) is 21.5. The Labute approximate surface area is 401 Å². The lowest BCUT2D eigenvalue weighted by Gasteiger charge is -2.36. The standard InChI is InChI=1S/C56H51N3O7S2/c1-38-23-29-49(30-24-38)68(62,63)59-50(32-39-13-5-2-6-14-39)54(61)57-35-41-15-11-20-45(31-41)46-21-12-22-47(33-46)55-64-48(34-51(65-55)42-27-25-40(36-60)26-28-42)37-67-56-58-52(43-16-7-3-8-17-43)53(66-56)44-18-9-4-10-19-44/h2-31,33,48,50-51,55,59-60H,32,34-37H2,1H3,(H,57,61)/t48-,50-,51+,55+/m1/s1. The minimum Gasteiger partial charge on any atom is -0.431 e. The third kappa shape index (κ3) is 11.5. The molecular weight excluding hydrogens is 891 g/mol. The van der Waals surface area contributed by atoms with Gasteiger partial charge in [0, 0.05) is 35.4 Å². The third-order valence-electron chi connectivity index (χ3n) is 11.8. The van der Waals surface area contributed by atoms with Gasteiger partial charge in [-0.3, -0.25) is 4.79 Å². The molecule has 3 N–H and O–H groups in total. The predicted molar refractivity (Wildman–Crippen MR) is 266 cm³/mol. The first-order chi connectivity index (χ1) is 33.2. The van der Waals surface area contributed by atoms with Crippen molar-refractivity contribution in [3.8, 4) is 33.7 Å². The summed E-state index contributed by atoms with van der Waals surface area (Å²) in [6.45, 7) is 2.02. The van der Waals surface area contributed by atoms with Crippen LogP contribution in [0, 0.1) is 6.92 Å². The highest BCUT2D eigenvalue weighted by atomic mass is 32.2. The Morgan fingerprint density at radius 1 is 0.691 bits per heavy atom. The minimum absolute atomic E-state index is 0.0475. The predicted octanol–water partition coefficient (Wildman–Crippen LogP) is 11.0. The fraction of sp³-hybridized carbons (Fsp3) is 0.179. The number of benzene rings is 7. The summed E-state index contributed by atoms with van der Waals surface area (Å²) in [5.74, 6) is 0.831. The largest absolute Gasteiger partial charge is 0.431 e. The van der Waals surface area contributed by atoms with Crippen molar-refractivity contribution in [1.82, 2.24) is 15.0 Å². The number of sulfonamides is 1. The molecule has 1 saturated heterocycles. The number of carbonyl (C=O) groups excluding carboxylic acids is 1. The van der Waals surface area contributed by atoms with Gasteiger partial charge >= 0.3 is 0 Å². The van der Waals surface area contributed by atoms with Crippen LogP contribution in [-0.4, -0.2) is 42.3 Å². The second-order valence-electron chi connectivity index (χ2n) is 16.8. The maximum atomic E-state index is 13.8. The number of rotatable bonds is 17. The quantitative estimate of drug-likeness (QED) is 0.0761. The highest BCUT2D eigenvalue weighted by Crippen LogP contribution is 2.42. The number of aliphatic hydroxyl groups excluding tert-OH is 1. The van der Waals surface area contributed by atoms with Crippen molar-refractivity contribution in [2.45, 2.75) is 67.6 Å². The van der Waals surface area contributed by atoms with E-state index in [0.29, 0.717) is 23.2 Å². The molecule has 1 fully saturated rings. The van der Waals surface area contributed by atoms with Gasteiger partial charge in [0.2, 0.25) is 15.9 Å². The van der Waals surface area contributed by atoms with Crippen LogP contribution in [0.1, 0.15) is 52.2 Å². The lowest BCUT2D eigenvalue weighted by Crippen LogP contribution is -2.47. The van der Waals surface area contributed by atoms with Crippen LogP contribution in [0.2, 0.25) is 0 Å². The lowest BCUT2D eigenvalue weighted by atomic mass is 9.99. The van der Waals surface area contributed by atoms with Gasteiger partial charge in [-0.1, -0.05) is 181 Å². The molecule has 4 atom stereocenters. The van der Waals surface area contributed by atoms with Gasteiger partial charge in [0.25, 0.3) is 5.22 Å². The zero-order chi connectivity index (χ0) is 46.9. The van der Waals surface area contributed by atoms with Crippen LogP contribution >= 0.6 is 11.8 Å². The number of nitrogens with one attached hydrogen (secondary N) is 2. The maximum Gasteiger partial charge on any atom is 0.256 e. The number of aliphatic hydroxyl groups is 1. The van der Waals surface area contributed by atoms with Crippen molar-refractivity contribution >= 4 is 27.7 Å². The number of hydrogen-bond acceptors (Lipinski definition) is 9. The first-order valence-corrected chi connectivity index (χ1v) is 25.0. The van der Waals surface area contributed by atoms with E-state index < -0.39 is 28.3 Å². The number of carbonyl (C=O) groups is 1. The van der Waals surface area contributed by atoms with Crippen LogP contribution in [-0.2, 0) is 43.9 Å². The number of oxazole rings is 1. The van der Waals surface area contributed by atoms with Crippen LogP contribution in [0.5, 0.6) is 0 Å². The van der Waals surface area contributed by atoms with E-state index in [4.69, 9.17) is 18.9 Å². The van der Waals surface area contributed by atoms with Crippen LogP contribution < -0.4 is 10.0 Å². The number of ether oxygens (including phenoxy) is 2. The molecule has 0 saturated carbocycles. The number of hydrogen-bond donors (Lipinski definition) is 3. The molecule has 1 aliphatic rings. The Balaban J connectivity index is 0.922. The topological polar surface area (TPSA) is 140 Å². The SMILES string of the molecule is Cc1ccc(S(=O)(=O)N[C@H](Cc2ccccc2)C(=O)NCc2cccc(-c3cccc([C@H]4O[C@@H](CSc5nc(-c6ccccc6)c(-c6ccccc6)o5)C[C@@H](c5ccc(CO)cc5)O4)c3)c2)cc1. The van der Waals surface area contributed by atoms with Crippen LogP contribution in [0.25, 0.3) is 33.7 Å². The fourth-order valence-electron chi connectivity index (χ4n) is 8.17. The smallest absolute Gasteiger partial charge is 0.256 e. The molecule has 7 aromatic carbocycles. The molecule has 344 valence electrons. The van der Waals surface area contributed by atoms with E-state index in [-0.39, 0.29) is 36.7 Å².